The van der Waals surface area contributed by atoms with Gasteiger partial charge in [-0.05, 0) is 18.2 Å². The quantitative estimate of drug-likeness (QED) is 0.647. The fourth-order valence-electron chi connectivity index (χ4n) is 0.961. The molecule has 2 rings (SSSR count). The highest BCUT2D eigenvalue weighted by molar-refractivity contribution is 5.85. The van der Waals surface area contributed by atoms with E-state index in [9.17, 15) is 0 Å². The van der Waals surface area contributed by atoms with Gasteiger partial charge in [-0.1, -0.05) is 0 Å². The molecule has 0 unspecified atom stereocenters. The topological polar surface area (TPSA) is 54.7 Å². The molecule has 0 radical (unpaired) electrons. The van der Waals surface area contributed by atoms with Gasteiger partial charge >= 0.3 is 0 Å². The molecule has 0 bridgehead atoms. The van der Waals surface area contributed by atoms with E-state index in [4.69, 9.17) is 5.73 Å². The van der Waals surface area contributed by atoms with Gasteiger partial charge in [0.25, 0.3) is 0 Å². The lowest BCUT2D eigenvalue weighted by molar-refractivity contribution is 1.12. The molecule has 0 saturated heterocycles. The van der Waals surface area contributed by atoms with Crippen LogP contribution in [0.3, 0.4) is 0 Å². The van der Waals surface area contributed by atoms with Gasteiger partial charge in [0.1, 0.15) is 0 Å². The number of nitrogen functional groups attached to an aromatic ring is 1. The van der Waals surface area contributed by atoms with Crippen molar-refractivity contribution in [3.63, 3.8) is 0 Å². The molecule has 0 atom stereocenters. The van der Waals surface area contributed by atoms with Crippen molar-refractivity contribution in [2.75, 3.05) is 5.73 Å². The van der Waals surface area contributed by atoms with Crippen LogP contribution in [-0.4, -0.2) is 10.2 Å². The lowest BCUT2D eigenvalue weighted by Crippen LogP contribution is -1.81. The number of halogens is 2. The summed E-state index contributed by atoms with van der Waals surface area (Å²) in [6.45, 7) is 0. The summed E-state index contributed by atoms with van der Waals surface area (Å²) in [6.07, 6.45) is 1.76. The van der Waals surface area contributed by atoms with Crippen molar-refractivity contribution in [1.29, 1.82) is 0 Å². The molecule has 0 spiro atoms. The monoisotopic (exact) mass is 205 g/mol. The first-order valence-electron chi connectivity index (χ1n) is 3.05. The summed E-state index contributed by atoms with van der Waals surface area (Å²) < 4.78 is 0. The van der Waals surface area contributed by atoms with E-state index in [2.05, 4.69) is 10.2 Å². The van der Waals surface area contributed by atoms with Crippen molar-refractivity contribution in [3.8, 4) is 0 Å². The summed E-state index contributed by atoms with van der Waals surface area (Å²) in [4.78, 5) is 0. The molecule has 1 heterocycles. The molecule has 1 aromatic heterocycles. The highest BCUT2D eigenvalue weighted by Crippen LogP contribution is 2.13. The summed E-state index contributed by atoms with van der Waals surface area (Å²) in [5.74, 6) is 0. The SMILES string of the molecule is Cl.Cl.Nc1ccc2[nH]ncc2c1. The van der Waals surface area contributed by atoms with Gasteiger partial charge in [-0.2, -0.15) is 5.10 Å². The first kappa shape index (κ1) is 11.1. The molecule has 0 aliphatic rings. The van der Waals surface area contributed by atoms with Crippen molar-refractivity contribution in [3.05, 3.63) is 24.4 Å². The van der Waals surface area contributed by atoms with Gasteiger partial charge < -0.3 is 5.73 Å². The number of hydrogen-bond acceptors (Lipinski definition) is 2. The van der Waals surface area contributed by atoms with Gasteiger partial charge in [0.2, 0.25) is 0 Å². The Bertz CT molecular complexity index is 358. The van der Waals surface area contributed by atoms with Gasteiger partial charge in [-0.3, -0.25) is 5.10 Å². The molecule has 0 aliphatic heterocycles. The molecule has 5 heteroatoms. The third-order valence-electron chi connectivity index (χ3n) is 1.46. The van der Waals surface area contributed by atoms with Crippen LogP contribution in [-0.2, 0) is 0 Å². The second kappa shape index (κ2) is 4.18. The summed E-state index contributed by atoms with van der Waals surface area (Å²) >= 11 is 0. The van der Waals surface area contributed by atoms with Crippen LogP contribution in [0, 0.1) is 0 Å². The van der Waals surface area contributed by atoms with E-state index in [1.807, 2.05) is 18.2 Å². The average Bonchev–Trinajstić information content (AvgIpc) is 2.33. The number of anilines is 1. The Morgan fingerprint density at radius 1 is 1.25 bits per heavy atom. The second-order valence-electron chi connectivity index (χ2n) is 2.22. The molecule has 0 aliphatic carbocycles. The third-order valence-corrected chi connectivity index (χ3v) is 1.46. The molecule has 1 aromatic carbocycles. The van der Waals surface area contributed by atoms with E-state index in [1.54, 1.807) is 6.20 Å². The zero-order chi connectivity index (χ0) is 6.97. The van der Waals surface area contributed by atoms with E-state index < -0.39 is 0 Å². The van der Waals surface area contributed by atoms with Crippen LogP contribution < -0.4 is 5.73 Å². The van der Waals surface area contributed by atoms with Gasteiger partial charge in [0.05, 0.1) is 11.7 Å². The molecule has 3 N–H and O–H groups in total. The fraction of sp³-hybridized carbons (Fsp3) is 0. The molecule has 3 nitrogen and oxygen atoms in total. The highest BCUT2D eigenvalue weighted by Gasteiger charge is 1.92. The minimum absolute atomic E-state index is 0. The number of rotatable bonds is 0. The first-order valence-corrected chi connectivity index (χ1v) is 3.05. The number of nitrogens with one attached hydrogen (secondary N) is 1. The van der Waals surface area contributed by atoms with E-state index in [0.29, 0.717) is 0 Å². The van der Waals surface area contributed by atoms with Crippen molar-refractivity contribution in [1.82, 2.24) is 10.2 Å². The normalized spacial score (nSPS) is 8.67. The number of nitrogens with zero attached hydrogens (tertiary/aromatic N) is 1. The zero-order valence-electron chi connectivity index (χ0n) is 6.15. The van der Waals surface area contributed by atoms with Gasteiger partial charge in [0.15, 0.2) is 0 Å². The van der Waals surface area contributed by atoms with Crippen LogP contribution >= 0.6 is 24.8 Å². The summed E-state index contributed by atoms with van der Waals surface area (Å²) in [5, 5.41) is 7.76. The van der Waals surface area contributed by atoms with Crippen LogP contribution in [0.15, 0.2) is 24.4 Å². The first-order chi connectivity index (χ1) is 4.86. The summed E-state index contributed by atoms with van der Waals surface area (Å²) in [6, 6.07) is 5.65. The Morgan fingerprint density at radius 3 is 2.75 bits per heavy atom. The largest absolute Gasteiger partial charge is 0.399 e. The molecule has 2 aromatic rings. The molecule has 0 fully saturated rings. The average molecular weight is 206 g/mol. The summed E-state index contributed by atoms with van der Waals surface area (Å²) in [7, 11) is 0. The summed E-state index contributed by atoms with van der Waals surface area (Å²) in [5.41, 5.74) is 7.34. The predicted molar refractivity (Wildman–Crippen MR) is 55.0 cm³/mol. The van der Waals surface area contributed by atoms with Gasteiger partial charge in [-0.25, -0.2) is 0 Å². The van der Waals surface area contributed by atoms with Crippen LogP contribution in [0.5, 0.6) is 0 Å². The van der Waals surface area contributed by atoms with E-state index in [0.717, 1.165) is 16.6 Å². The van der Waals surface area contributed by atoms with Crippen LogP contribution in [0.2, 0.25) is 0 Å². The number of benzene rings is 1. The van der Waals surface area contributed by atoms with Crippen molar-refractivity contribution in [2.24, 2.45) is 0 Å². The Morgan fingerprint density at radius 2 is 2.00 bits per heavy atom. The minimum atomic E-state index is 0. The zero-order valence-corrected chi connectivity index (χ0v) is 7.78. The maximum atomic E-state index is 5.54. The van der Waals surface area contributed by atoms with Crippen LogP contribution in [0.4, 0.5) is 5.69 Å². The molecule has 66 valence electrons. The Hall–Kier alpha value is -0.930. The maximum absolute atomic E-state index is 5.54. The highest BCUT2D eigenvalue weighted by atomic mass is 35.5. The molecule has 12 heavy (non-hydrogen) atoms. The van der Waals surface area contributed by atoms with E-state index in [-0.39, 0.29) is 24.8 Å². The number of fused-ring (bicyclic) bond motifs is 1. The number of hydrogen-bond donors (Lipinski definition) is 2. The maximum Gasteiger partial charge on any atom is 0.0651 e. The lowest BCUT2D eigenvalue weighted by atomic mass is 10.2. The van der Waals surface area contributed by atoms with E-state index in [1.165, 1.54) is 0 Å². The third kappa shape index (κ3) is 1.81. The fourth-order valence-corrected chi connectivity index (χ4v) is 0.961. The number of aromatic amines is 1. The number of nitrogens with two attached hydrogens (primary N) is 1. The Balaban J connectivity index is 0.000000605. The molecule has 0 amide bonds. The lowest BCUT2D eigenvalue weighted by Gasteiger charge is -1.89. The smallest absolute Gasteiger partial charge is 0.0651 e. The molecular weight excluding hydrogens is 197 g/mol. The van der Waals surface area contributed by atoms with Crippen molar-refractivity contribution >= 4 is 41.4 Å². The standard InChI is InChI=1S/C7H7N3.2ClH/c8-6-1-2-7-5(3-6)4-9-10-7;;/h1-4H,8H2,(H,9,10);2*1H. The number of aromatic nitrogens is 2. The Kier molecular flexibility index (Phi) is 3.86. The Labute approximate surface area is 82.2 Å². The van der Waals surface area contributed by atoms with Crippen molar-refractivity contribution < 1.29 is 0 Å². The molecular formula is C7H9Cl2N3. The minimum Gasteiger partial charge on any atom is -0.399 e. The van der Waals surface area contributed by atoms with Gasteiger partial charge in [0, 0.05) is 11.1 Å². The van der Waals surface area contributed by atoms with E-state index >= 15 is 0 Å². The predicted octanol–water partition coefficient (Wildman–Crippen LogP) is 1.99. The molecule has 0 saturated carbocycles. The van der Waals surface area contributed by atoms with Gasteiger partial charge in [-0.15, -0.1) is 24.8 Å². The van der Waals surface area contributed by atoms with Crippen LogP contribution in [0.25, 0.3) is 10.9 Å². The van der Waals surface area contributed by atoms with Crippen molar-refractivity contribution in [2.45, 2.75) is 0 Å². The second-order valence-corrected chi connectivity index (χ2v) is 2.22. The van der Waals surface area contributed by atoms with Crippen LogP contribution in [0.1, 0.15) is 0 Å². The number of H-pyrrole nitrogens is 1.